The molecule has 0 aromatic heterocycles. The van der Waals surface area contributed by atoms with E-state index < -0.39 is 0 Å². The summed E-state index contributed by atoms with van der Waals surface area (Å²) in [6.45, 7) is 5.96. The van der Waals surface area contributed by atoms with E-state index in [2.05, 4.69) is 0 Å². The van der Waals surface area contributed by atoms with Crippen molar-refractivity contribution in [2.45, 2.75) is 20.8 Å². The second-order valence-corrected chi connectivity index (χ2v) is 2.93. The summed E-state index contributed by atoms with van der Waals surface area (Å²) in [5.41, 5.74) is 4.18. The van der Waals surface area contributed by atoms with Crippen molar-refractivity contribution in [3.63, 3.8) is 0 Å². The van der Waals surface area contributed by atoms with E-state index in [1.807, 2.05) is 32.9 Å². The fourth-order valence-electron chi connectivity index (χ4n) is 1.38. The number of aldehydes is 1. The number of benzene rings is 1. The van der Waals surface area contributed by atoms with E-state index in [1.165, 1.54) is 5.56 Å². The molecule has 1 nitrogen and oxygen atoms in total. The molecule has 1 rings (SSSR count). The summed E-state index contributed by atoms with van der Waals surface area (Å²) in [6, 6.07) is 4.05. The maximum atomic E-state index is 10.6. The third kappa shape index (κ3) is 2.21. The summed E-state index contributed by atoms with van der Waals surface area (Å²) >= 11 is 0. The van der Waals surface area contributed by atoms with Crippen LogP contribution < -0.4 is 0 Å². The number of rotatable bonds is 1. The Bertz CT molecular complexity index is 269. The summed E-state index contributed by atoms with van der Waals surface area (Å²) in [6.07, 6.45) is 0.921. The molecule has 1 aromatic carbocycles. The Hall–Kier alpha value is -0.567. The molecule has 12 heavy (non-hydrogen) atoms. The molecule has 2 heteroatoms. The van der Waals surface area contributed by atoms with Crippen molar-refractivity contribution in [2.75, 3.05) is 0 Å². The molecule has 0 heterocycles. The van der Waals surface area contributed by atoms with Crippen LogP contribution in [0.5, 0.6) is 0 Å². The summed E-state index contributed by atoms with van der Waals surface area (Å²) in [4.78, 5) is 10.6. The van der Waals surface area contributed by atoms with Crippen molar-refractivity contribution in [1.29, 1.82) is 0 Å². The molecule has 0 atom stereocenters. The third-order valence-corrected chi connectivity index (χ3v) is 1.86. The number of carbonyl (C=O) groups excluding carboxylic acids is 1. The van der Waals surface area contributed by atoms with E-state index in [9.17, 15) is 4.79 Å². The van der Waals surface area contributed by atoms with Gasteiger partial charge in [0.1, 0.15) is 0 Å². The molecule has 0 saturated heterocycles. The number of carbonyl (C=O) groups is 1. The summed E-state index contributed by atoms with van der Waals surface area (Å²) in [5, 5.41) is 0. The molecule has 66 valence electrons. The first-order valence-electron chi connectivity index (χ1n) is 3.68. The molecule has 0 amide bonds. The summed E-state index contributed by atoms with van der Waals surface area (Å²) < 4.78 is 0. The SMILES string of the molecule is Cc1cc(C)c(C=O)c(C)c1.[GeH4]. The van der Waals surface area contributed by atoms with Gasteiger partial charge in [0.2, 0.25) is 0 Å². The van der Waals surface area contributed by atoms with Gasteiger partial charge < -0.3 is 0 Å². The number of hydrogen-bond acceptors (Lipinski definition) is 1. The first-order chi connectivity index (χ1) is 5.15. The zero-order valence-corrected chi connectivity index (χ0v) is 7.14. The quantitative estimate of drug-likeness (QED) is 0.514. The molecule has 0 fully saturated rings. The van der Waals surface area contributed by atoms with Crippen LogP contribution in [0.2, 0.25) is 0 Å². The Balaban J connectivity index is 0.00000121. The Morgan fingerprint density at radius 1 is 1.08 bits per heavy atom. The van der Waals surface area contributed by atoms with E-state index in [0.717, 1.165) is 23.0 Å². The van der Waals surface area contributed by atoms with Gasteiger partial charge in [0.25, 0.3) is 0 Å². The van der Waals surface area contributed by atoms with Gasteiger partial charge in [-0.1, -0.05) is 17.7 Å². The summed E-state index contributed by atoms with van der Waals surface area (Å²) in [5.74, 6) is 0. The molecule has 0 N–H and O–H groups in total. The third-order valence-electron chi connectivity index (χ3n) is 1.86. The van der Waals surface area contributed by atoms with Gasteiger partial charge in [-0.15, -0.1) is 0 Å². The van der Waals surface area contributed by atoms with Crippen LogP contribution in [0.4, 0.5) is 0 Å². The van der Waals surface area contributed by atoms with Crippen molar-refractivity contribution in [2.24, 2.45) is 0 Å². The maximum absolute atomic E-state index is 10.6. The van der Waals surface area contributed by atoms with E-state index >= 15 is 0 Å². The van der Waals surface area contributed by atoms with Crippen LogP contribution in [-0.4, -0.2) is 23.9 Å². The van der Waals surface area contributed by atoms with Gasteiger partial charge in [-0.3, -0.25) is 4.79 Å². The first kappa shape index (κ1) is 11.4. The van der Waals surface area contributed by atoms with E-state index in [0.29, 0.717) is 0 Å². The minimum atomic E-state index is 0. The van der Waals surface area contributed by atoms with Gasteiger partial charge in [0.05, 0.1) is 0 Å². The second kappa shape index (κ2) is 4.46. The van der Waals surface area contributed by atoms with Gasteiger partial charge in [0, 0.05) is 5.56 Å². The molecule has 0 radical (unpaired) electrons. The number of hydrogen-bond donors (Lipinski definition) is 0. The van der Waals surface area contributed by atoms with Crippen LogP contribution in [0.25, 0.3) is 0 Å². The predicted molar refractivity (Wildman–Crippen MR) is 57.4 cm³/mol. The van der Waals surface area contributed by atoms with Crippen molar-refractivity contribution >= 4 is 23.9 Å². The number of aryl methyl sites for hydroxylation is 3. The molecule has 0 unspecified atom stereocenters. The van der Waals surface area contributed by atoms with Crippen LogP contribution in [0.15, 0.2) is 12.1 Å². The average molecular weight is 225 g/mol. The van der Waals surface area contributed by atoms with E-state index in [4.69, 9.17) is 0 Å². The average Bonchev–Trinajstić information content (AvgIpc) is 1.85. The monoisotopic (exact) mass is 226 g/mol. The molecule has 0 saturated carbocycles. The normalized spacial score (nSPS) is 8.92. The Kier molecular flexibility index (Phi) is 4.25. The predicted octanol–water partition coefficient (Wildman–Crippen LogP) is 0.973. The van der Waals surface area contributed by atoms with Crippen LogP contribution in [-0.2, 0) is 0 Å². The fraction of sp³-hybridized carbons (Fsp3) is 0.300. The van der Waals surface area contributed by atoms with Crippen molar-refractivity contribution in [3.8, 4) is 0 Å². The molecule has 1 aromatic rings. The molecular weight excluding hydrogens is 209 g/mol. The van der Waals surface area contributed by atoms with Crippen molar-refractivity contribution in [3.05, 3.63) is 34.4 Å². The van der Waals surface area contributed by atoms with Crippen LogP contribution >= 0.6 is 0 Å². The summed E-state index contributed by atoms with van der Waals surface area (Å²) in [7, 11) is 0. The molecule has 0 aliphatic carbocycles. The van der Waals surface area contributed by atoms with Crippen LogP contribution in [0.1, 0.15) is 27.0 Å². The first-order valence-corrected chi connectivity index (χ1v) is 3.68. The van der Waals surface area contributed by atoms with Gasteiger partial charge in [-0.05, 0) is 31.9 Å². The van der Waals surface area contributed by atoms with E-state index in [-0.39, 0.29) is 17.6 Å². The standard InChI is InChI=1S/C10H12O.GeH4/c1-7-4-8(2)10(6-11)9(3)5-7;/h4-6H,1-3H3;1H4. The zero-order chi connectivity index (χ0) is 8.43. The molecular formula is C10H16GeO. The fourth-order valence-corrected chi connectivity index (χ4v) is 1.38. The van der Waals surface area contributed by atoms with Gasteiger partial charge in [-0.2, -0.15) is 0 Å². The van der Waals surface area contributed by atoms with E-state index in [1.54, 1.807) is 0 Å². The van der Waals surface area contributed by atoms with Crippen molar-refractivity contribution < 1.29 is 4.79 Å². The van der Waals surface area contributed by atoms with Crippen LogP contribution in [0.3, 0.4) is 0 Å². The molecule has 0 spiro atoms. The van der Waals surface area contributed by atoms with Crippen molar-refractivity contribution in [1.82, 2.24) is 0 Å². The van der Waals surface area contributed by atoms with Crippen LogP contribution in [0, 0.1) is 20.8 Å². The zero-order valence-electron chi connectivity index (χ0n) is 7.14. The van der Waals surface area contributed by atoms with Gasteiger partial charge >= 0.3 is 17.6 Å². The topological polar surface area (TPSA) is 17.1 Å². The second-order valence-electron chi connectivity index (χ2n) is 2.93. The Morgan fingerprint density at radius 2 is 1.50 bits per heavy atom. The minimum absolute atomic E-state index is 0. The Labute approximate surface area is 84.2 Å². The van der Waals surface area contributed by atoms with Gasteiger partial charge in [-0.25, -0.2) is 0 Å². The van der Waals surface area contributed by atoms with Gasteiger partial charge in [0.15, 0.2) is 6.29 Å². The molecule has 0 aliphatic rings. The molecule has 0 aliphatic heterocycles. The Morgan fingerprint density at radius 3 is 1.83 bits per heavy atom. The molecule has 0 bridgehead atoms.